The molecule has 1 aromatic heterocycles. The van der Waals surface area contributed by atoms with Gasteiger partial charge in [0.1, 0.15) is 5.02 Å². The second kappa shape index (κ2) is 5.77. The van der Waals surface area contributed by atoms with Crippen molar-refractivity contribution < 1.29 is 9.72 Å². The van der Waals surface area contributed by atoms with Crippen molar-refractivity contribution in [2.75, 3.05) is 0 Å². The highest BCUT2D eigenvalue weighted by molar-refractivity contribution is 7.12. The van der Waals surface area contributed by atoms with Crippen LogP contribution in [0.25, 0.3) is 6.08 Å². The van der Waals surface area contributed by atoms with E-state index in [1.807, 2.05) is 5.38 Å². The summed E-state index contributed by atoms with van der Waals surface area (Å²) in [6.45, 7) is 0. The van der Waals surface area contributed by atoms with E-state index in [0.717, 1.165) is 0 Å². The van der Waals surface area contributed by atoms with Crippen LogP contribution in [0.3, 0.4) is 0 Å². The van der Waals surface area contributed by atoms with Crippen molar-refractivity contribution in [1.82, 2.24) is 0 Å². The number of hydrogen-bond acceptors (Lipinski definition) is 4. The van der Waals surface area contributed by atoms with Gasteiger partial charge in [0.05, 0.1) is 9.80 Å². The second-order valence-corrected chi connectivity index (χ2v) is 5.00. The fourth-order valence-corrected chi connectivity index (χ4v) is 2.28. The summed E-state index contributed by atoms with van der Waals surface area (Å²) in [5.74, 6) is -0.132. The Labute approximate surface area is 118 Å². The Morgan fingerprint density at radius 3 is 2.79 bits per heavy atom. The van der Waals surface area contributed by atoms with Crippen molar-refractivity contribution in [1.29, 1.82) is 0 Å². The molecule has 0 bridgehead atoms. The molecule has 4 nitrogen and oxygen atoms in total. The lowest BCUT2D eigenvalue weighted by atomic mass is 10.1. The average Bonchev–Trinajstić information content (AvgIpc) is 2.91. The van der Waals surface area contributed by atoms with Crippen molar-refractivity contribution in [2.45, 2.75) is 0 Å². The lowest BCUT2D eigenvalue weighted by Gasteiger charge is -1.97. The first-order valence-corrected chi connectivity index (χ1v) is 6.53. The second-order valence-electron chi connectivity index (χ2n) is 3.64. The summed E-state index contributed by atoms with van der Waals surface area (Å²) in [4.78, 5) is 22.5. The molecule has 2 aromatic rings. The van der Waals surface area contributed by atoms with Crippen LogP contribution in [0.4, 0.5) is 5.69 Å². The SMILES string of the molecule is O=C(/C=C/c1ccc(Cl)c([N+](=O)[O-])c1)c1cccs1. The van der Waals surface area contributed by atoms with Gasteiger partial charge in [-0.25, -0.2) is 0 Å². The van der Waals surface area contributed by atoms with Gasteiger partial charge < -0.3 is 0 Å². The highest BCUT2D eigenvalue weighted by atomic mass is 35.5. The van der Waals surface area contributed by atoms with E-state index in [0.29, 0.717) is 10.4 Å². The normalized spacial score (nSPS) is 10.8. The molecule has 0 atom stereocenters. The van der Waals surface area contributed by atoms with Crippen LogP contribution in [0.1, 0.15) is 15.2 Å². The molecule has 2 rings (SSSR count). The third-order valence-electron chi connectivity index (χ3n) is 2.36. The number of nitro groups is 1. The highest BCUT2D eigenvalue weighted by Gasteiger charge is 2.11. The smallest absolute Gasteiger partial charge is 0.288 e. The number of benzene rings is 1. The van der Waals surface area contributed by atoms with E-state index in [9.17, 15) is 14.9 Å². The summed E-state index contributed by atoms with van der Waals surface area (Å²) in [5.41, 5.74) is 0.383. The first-order chi connectivity index (χ1) is 9.08. The molecule has 0 saturated heterocycles. The van der Waals surface area contributed by atoms with Gasteiger partial charge in [0.15, 0.2) is 5.78 Å². The van der Waals surface area contributed by atoms with Gasteiger partial charge >= 0.3 is 0 Å². The standard InChI is InChI=1S/C13H8ClNO3S/c14-10-5-3-9(8-11(10)15(17)18)4-6-12(16)13-2-1-7-19-13/h1-8H/b6-4+. The topological polar surface area (TPSA) is 60.2 Å². The van der Waals surface area contributed by atoms with Gasteiger partial charge in [0.25, 0.3) is 5.69 Å². The van der Waals surface area contributed by atoms with Crippen LogP contribution < -0.4 is 0 Å². The lowest BCUT2D eigenvalue weighted by molar-refractivity contribution is -0.384. The van der Waals surface area contributed by atoms with E-state index in [-0.39, 0.29) is 16.5 Å². The fourth-order valence-electron chi connectivity index (χ4n) is 1.45. The minimum absolute atomic E-state index is 0.0757. The zero-order chi connectivity index (χ0) is 13.8. The van der Waals surface area contributed by atoms with Gasteiger partial charge in [0, 0.05) is 6.07 Å². The van der Waals surface area contributed by atoms with E-state index >= 15 is 0 Å². The van der Waals surface area contributed by atoms with E-state index < -0.39 is 4.92 Å². The van der Waals surface area contributed by atoms with E-state index in [1.165, 1.54) is 35.6 Å². The predicted octanol–water partition coefficient (Wildman–Crippen LogP) is 4.21. The monoisotopic (exact) mass is 293 g/mol. The summed E-state index contributed by atoms with van der Waals surface area (Å²) in [6.07, 6.45) is 2.92. The largest absolute Gasteiger partial charge is 0.288 e. The highest BCUT2D eigenvalue weighted by Crippen LogP contribution is 2.25. The molecular weight excluding hydrogens is 286 g/mol. The maximum Gasteiger partial charge on any atom is 0.288 e. The van der Waals surface area contributed by atoms with E-state index in [4.69, 9.17) is 11.6 Å². The Morgan fingerprint density at radius 1 is 1.37 bits per heavy atom. The van der Waals surface area contributed by atoms with E-state index in [1.54, 1.807) is 18.2 Å². The Bertz CT molecular complexity index is 650. The van der Waals surface area contributed by atoms with Crippen molar-refractivity contribution in [3.8, 4) is 0 Å². The molecule has 19 heavy (non-hydrogen) atoms. The minimum atomic E-state index is -0.555. The van der Waals surface area contributed by atoms with Crippen LogP contribution >= 0.6 is 22.9 Å². The molecule has 6 heteroatoms. The number of rotatable bonds is 4. The molecule has 0 amide bonds. The van der Waals surface area contributed by atoms with Crippen LogP contribution in [0.5, 0.6) is 0 Å². The summed E-state index contributed by atoms with van der Waals surface area (Å²) in [6, 6.07) is 7.91. The number of hydrogen-bond donors (Lipinski definition) is 0. The zero-order valence-corrected chi connectivity index (χ0v) is 11.1. The average molecular weight is 294 g/mol. The van der Waals surface area contributed by atoms with Crippen LogP contribution in [0.2, 0.25) is 5.02 Å². The van der Waals surface area contributed by atoms with Crippen LogP contribution in [-0.2, 0) is 0 Å². The number of halogens is 1. The molecule has 1 heterocycles. The Balaban J connectivity index is 2.22. The molecule has 0 aliphatic heterocycles. The number of carbonyl (C=O) groups is 1. The zero-order valence-electron chi connectivity index (χ0n) is 9.58. The molecule has 0 radical (unpaired) electrons. The number of nitrogens with zero attached hydrogens (tertiary/aromatic N) is 1. The fraction of sp³-hybridized carbons (Fsp3) is 0. The first-order valence-electron chi connectivity index (χ1n) is 5.28. The van der Waals surface area contributed by atoms with Crippen molar-refractivity contribution in [3.63, 3.8) is 0 Å². The Hall–Kier alpha value is -1.98. The molecule has 0 aliphatic carbocycles. The number of allylic oxidation sites excluding steroid dienone is 1. The van der Waals surface area contributed by atoms with Gasteiger partial charge in [-0.3, -0.25) is 14.9 Å². The van der Waals surface area contributed by atoms with Gasteiger partial charge in [-0.2, -0.15) is 0 Å². The van der Waals surface area contributed by atoms with Crippen LogP contribution in [-0.4, -0.2) is 10.7 Å². The first kappa shape index (κ1) is 13.5. The number of nitro benzene ring substituents is 1. The quantitative estimate of drug-likeness (QED) is 0.367. The number of thiophene rings is 1. The maximum atomic E-state index is 11.7. The predicted molar refractivity (Wildman–Crippen MR) is 75.8 cm³/mol. The van der Waals surface area contributed by atoms with Gasteiger partial charge in [0.2, 0.25) is 0 Å². The molecular formula is C13H8ClNO3S. The molecule has 0 saturated carbocycles. The molecule has 0 N–H and O–H groups in total. The Kier molecular flexibility index (Phi) is 4.09. The van der Waals surface area contributed by atoms with Gasteiger partial charge in [-0.05, 0) is 29.2 Å². The number of carbonyl (C=O) groups excluding carboxylic acids is 1. The lowest BCUT2D eigenvalue weighted by Crippen LogP contribution is -1.91. The summed E-state index contributed by atoms with van der Waals surface area (Å²) in [5, 5.41) is 12.6. The van der Waals surface area contributed by atoms with E-state index in [2.05, 4.69) is 0 Å². The van der Waals surface area contributed by atoms with Gasteiger partial charge in [-0.1, -0.05) is 29.8 Å². The summed E-state index contributed by atoms with van der Waals surface area (Å²) >= 11 is 7.05. The molecule has 1 aromatic carbocycles. The third kappa shape index (κ3) is 3.27. The minimum Gasteiger partial charge on any atom is -0.288 e. The van der Waals surface area contributed by atoms with Crippen molar-refractivity contribution in [3.05, 3.63) is 67.4 Å². The van der Waals surface area contributed by atoms with Crippen LogP contribution in [0, 0.1) is 10.1 Å². The summed E-state index contributed by atoms with van der Waals surface area (Å²) < 4.78 is 0. The molecule has 96 valence electrons. The number of ketones is 1. The third-order valence-corrected chi connectivity index (χ3v) is 3.56. The Morgan fingerprint density at radius 2 is 2.16 bits per heavy atom. The molecule has 0 aliphatic rings. The maximum absolute atomic E-state index is 11.7. The van der Waals surface area contributed by atoms with Crippen LogP contribution in [0.15, 0.2) is 41.8 Å². The van der Waals surface area contributed by atoms with Crippen molar-refractivity contribution in [2.24, 2.45) is 0 Å². The molecule has 0 fully saturated rings. The van der Waals surface area contributed by atoms with Crippen molar-refractivity contribution >= 4 is 40.5 Å². The molecule has 0 spiro atoms. The summed E-state index contributed by atoms with van der Waals surface area (Å²) in [7, 11) is 0. The van der Waals surface area contributed by atoms with Gasteiger partial charge in [-0.15, -0.1) is 11.3 Å². The molecule has 0 unspecified atom stereocenters.